The van der Waals surface area contributed by atoms with E-state index in [-0.39, 0.29) is 35.2 Å². The number of rotatable bonds is 6. The first-order valence-corrected chi connectivity index (χ1v) is 10.5. The van der Waals surface area contributed by atoms with E-state index in [1.807, 2.05) is 0 Å². The van der Waals surface area contributed by atoms with Crippen molar-refractivity contribution in [3.63, 3.8) is 0 Å². The molecule has 1 saturated carbocycles. The number of hydrogen-bond acceptors (Lipinski definition) is 6. The van der Waals surface area contributed by atoms with Crippen LogP contribution in [0, 0.1) is 28.5 Å². The van der Waals surface area contributed by atoms with Gasteiger partial charge in [-0.3, -0.25) is 9.48 Å². The average molecular weight is 440 g/mol. The minimum atomic E-state index is -0.677. The van der Waals surface area contributed by atoms with Crippen LogP contribution in [-0.4, -0.2) is 46.4 Å². The van der Waals surface area contributed by atoms with Gasteiger partial charge in [-0.2, -0.15) is 10.4 Å². The lowest BCUT2D eigenvalue weighted by Crippen LogP contribution is -2.44. The highest BCUT2D eigenvalue weighted by molar-refractivity contribution is 5.98. The second-order valence-corrected chi connectivity index (χ2v) is 8.77. The maximum absolute atomic E-state index is 13.2. The summed E-state index contributed by atoms with van der Waals surface area (Å²) in [5.74, 6) is -1.37. The third kappa shape index (κ3) is 4.66. The summed E-state index contributed by atoms with van der Waals surface area (Å²) in [6.45, 7) is 3.09. The number of carbonyl (C=O) groups excluding carboxylic acids is 2. The van der Waals surface area contributed by atoms with Crippen molar-refractivity contribution in [2.75, 3.05) is 25.0 Å². The van der Waals surface area contributed by atoms with E-state index < -0.39 is 17.9 Å². The molecule has 0 radical (unpaired) electrons. The number of carbonyl (C=O) groups is 2. The largest absolute Gasteiger partial charge is 0.449 e. The van der Waals surface area contributed by atoms with Crippen LogP contribution in [0.1, 0.15) is 42.6 Å². The third-order valence-corrected chi connectivity index (χ3v) is 6.09. The van der Waals surface area contributed by atoms with Crippen molar-refractivity contribution in [1.29, 1.82) is 5.26 Å². The van der Waals surface area contributed by atoms with E-state index >= 15 is 0 Å². The van der Waals surface area contributed by atoms with Crippen LogP contribution >= 0.6 is 0 Å². The van der Waals surface area contributed by atoms with Gasteiger partial charge in [0, 0.05) is 30.4 Å². The van der Waals surface area contributed by atoms with Gasteiger partial charge in [-0.25, -0.2) is 9.18 Å². The summed E-state index contributed by atoms with van der Waals surface area (Å²) < 4.78 is 20.1. The molecule has 3 N–H and O–H groups in total. The van der Waals surface area contributed by atoms with E-state index in [2.05, 4.69) is 23.4 Å². The summed E-state index contributed by atoms with van der Waals surface area (Å²) in [6.07, 6.45) is 3.68. The van der Waals surface area contributed by atoms with Crippen molar-refractivity contribution in [3.8, 4) is 6.07 Å². The number of nitriles is 1. The Morgan fingerprint density at radius 1 is 1.38 bits per heavy atom. The molecule has 0 spiro atoms. The summed E-state index contributed by atoms with van der Waals surface area (Å²) in [5.41, 5.74) is 6.30. The molecular formula is C22H25FN6O3. The highest BCUT2D eigenvalue weighted by Gasteiger charge is 2.40. The third-order valence-electron chi connectivity index (χ3n) is 6.09. The van der Waals surface area contributed by atoms with Crippen LogP contribution < -0.4 is 11.1 Å². The quantitative estimate of drug-likeness (QED) is 0.710. The number of halogens is 1. The van der Waals surface area contributed by atoms with Crippen molar-refractivity contribution < 1.29 is 18.7 Å². The highest BCUT2D eigenvalue weighted by Crippen LogP contribution is 2.45. The van der Waals surface area contributed by atoms with E-state index in [0.717, 1.165) is 12.8 Å². The summed E-state index contributed by atoms with van der Waals surface area (Å²) >= 11 is 0. The average Bonchev–Trinajstić information content (AvgIpc) is 3.37. The number of nitrogens with zero attached hydrogens (tertiary/aromatic N) is 4. The van der Waals surface area contributed by atoms with Crippen LogP contribution in [0.25, 0.3) is 0 Å². The number of piperidine rings is 1. The first-order chi connectivity index (χ1) is 15.3. The molecule has 2 amide bonds. The van der Waals surface area contributed by atoms with Gasteiger partial charge < -0.3 is 20.7 Å². The SMILES string of the molecule is CC1(COC(=O)N2CC[C@H](n3cc(C(N)=O)c(Nc4ccc(F)cc4)n3)[C@@H](C#N)C2)CC1. The minimum Gasteiger partial charge on any atom is -0.449 e. The zero-order valence-electron chi connectivity index (χ0n) is 17.8. The van der Waals surface area contributed by atoms with Gasteiger partial charge in [-0.05, 0) is 43.5 Å². The number of likely N-dealkylation sites (tertiary alicyclic amines) is 1. The van der Waals surface area contributed by atoms with E-state index in [0.29, 0.717) is 25.3 Å². The monoisotopic (exact) mass is 440 g/mol. The summed E-state index contributed by atoms with van der Waals surface area (Å²) in [6, 6.07) is 7.51. The van der Waals surface area contributed by atoms with E-state index in [1.54, 1.807) is 9.58 Å². The molecule has 1 saturated heterocycles. The number of benzene rings is 1. The van der Waals surface area contributed by atoms with Crippen LogP contribution in [-0.2, 0) is 4.74 Å². The van der Waals surface area contributed by atoms with Crippen molar-refractivity contribution in [3.05, 3.63) is 41.8 Å². The van der Waals surface area contributed by atoms with Crippen LogP contribution in [0.3, 0.4) is 0 Å². The Kier molecular flexibility index (Phi) is 5.74. The topological polar surface area (TPSA) is 126 Å². The Hall–Kier alpha value is -3.61. The molecule has 1 aromatic carbocycles. The second-order valence-electron chi connectivity index (χ2n) is 8.77. The van der Waals surface area contributed by atoms with Gasteiger partial charge in [-0.1, -0.05) is 6.92 Å². The Labute approximate surface area is 184 Å². The zero-order valence-corrected chi connectivity index (χ0v) is 17.8. The molecule has 1 aliphatic heterocycles. The molecule has 2 fully saturated rings. The van der Waals surface area contributed by atoms with Crippen molar-refractivity contribution in [1.82, 2.24) is 14.7 Å². The molecule has 0 unspecified atom stereocenters. The summed E-state index contributed by atoms with van der Waals surface area (Å²) in [7, 11) is 0. The zero-order chi connectivity index (χ0) is 22.9. The Morgan fingerprint density at radius 2 is 2.09 bits per heavy atom. The lowest BCUT2D eigenvalue weighted by Gasteiger charge is -2.35. The maximum atomic E-state index is 13.2. The molecule has 2 atom stereocenters. The summed E-state index contributed by atoms with van der Waals surface area (Å²) in [4.78, 5) is 25.9. The Morgan fingerprint density at radius 3 is 2.72 bits per heavy atom. The standard InChI is InChI=1S/C22H25FN6O3/c1-22(7-8-22)13-32-21(31)28-9-6-18(14(10-24)11-28)29-12-17(19(25)30)20(27-29)26-16-4-2-15(23)3-5-16/h2-5,12,14,18H,6-9,11,13H2,1H3,(H2,25,30)(H,26,27)/t14-,18-/m0/s1. The Bertz CT molecular complexity index is 1060. The number of ether oxygens (including phenoxy) is 1. The molecule has 32 heavy (non-hydrogen) atoms. The van der Waals surface area contributed by atoms with Gasteiger partial charge in [-0.15, -0.1) is 0 Å². The molecule has 4 rings (SSSR count). The number of amides is 2. The lowest BCUT2D eigenvalue weighted by molar-refractivity contribution is 0.0656. The van der Waals surface area contributed by atoms with E-state index in [1.165, 1.54) is 30.5 Å². The molecule has 9 nitrogen and oxygen atoms in total. The normalized spacial score (nSPS) is 21.5. The number of aromatic nitrogens is 2. The van der Waals surface area contributed by atoms with Gasteiger partial charge in [0.25, 0.3) is 5.91 Å². The van der Waals surface area contributed by atoms with Crippen molar-refractivity contribution in [2.24, 2.45) is 17.1 Å². The molecule has 2 aromatic rings. The van der Waals surface area contributed by atoms with Crippen LogP contribution in [0.4, 0.5) is 20.7 Å². The molecule has 168 valence electrons. The fourth-order valence-corrected chi connectivity index (χ4v) is 3.74. The first-order valence-electron chi connectivity index (χ1n) is 10.5. The fourth-order valence-electron chi connectivity index (χ4n) is 3.74. The van der Waals surface area contributed by atoms with Gasteiger partial charge in [0.2, 0.25) is 0 Å². The maximum Gasteiger partial charge on any atom is 0.409 e. The number of nitrogens with two attached hydrogens (primary N) is 1. The molecular weight excluding hydrogens is 415 g/mol. The molecule has 10 heteroatoms. The number of hydrogen-bond donors (Lipinski definition) is 2. The van der Waals surface area contributed by atoms with Gasteiger partial charge in [0.15, 0.2) is 5.82 Å². The number of nitrogens with one attached hydrogen (secondary N) is 1. The predicted octanol–water partition coefficient (Wildman–Crippen LogP) is 3.19. The second kappa shape index (κ2) is 8.49. The number of anilines is 2. The minimum absolute atomic E-state index is 0.0940. The predicted molar refractivity (Wildman–Crippen MR) is 113 cm³/mol. The Balaban J connectivity index is 1.47. The van der Waals surface area contributed by atoms with Crippen molar-refractivity contribution >= 4 is 23.5 Å². The molecule has 0 bridgehead atoms. The van der Waals surface area contributed by atoms with Crippen LogP contribution in [0.15, 0.2) is 30.5 Å². The smallest absolute Gasteiger partial charge is 0.409 e. The van der Waals surface area contributed by atoms with Crippen LogP contribution in [0.2, 0.25) is 0 Å². The van der Waals surface area contributed by atoms with Gasteiger partial charge >= 0.3 is 6.09 Å². The lowest BCUT2D eigenvalue weighted by atomic mass is 9.94. The number of primary amides is 1. The fraction of sp³-hybridized carbons (Fsp3) is 0.455. The van der Waals surface area contributed by atoms with E-state index in [9.17, 15) is 19.2 Å². The van der Waals surface area contributed by atoms with Gasteiger partial charge in [0.1, 0.15) is 11.4 Å². The first kappa shape index (κ1) is 21.6. The van der Waals surface area contributed by atoms with Gasteiger partial charge in [0.05, 0.1) is 24.6 Å². The highest BCUT2D eigenvalue weighted by atomic mass is 19.1. The molecule has 1 aliphatic carbocycles. The molecule has 2 heterocycles. The van der Waals surface area contributed by atoms with E-state index in [4.69, 9.17) is 10.5 Å². The van der Waals surface area contributed by atoms with Crippen LogP contribution in [0.5, 0.6) is 0 Å². The molecule has 2 aliphatic rings. The van der Waals surface area contributed by atoms with Crippen molar-refractivity contribution in [2.45, 2.75) is 32.2 Å². The summed E-state index contributed by atoms with van der Waals surface area (Å²) in [5, 5.41) is 17.1. The molecule has 1 aromatic heterocycles.